The summed E-state index contributed by atoms with van der Waals surface area (Å²) in [5.74, 6) is 0. The summed E-state index contributed by atoms with van der Waals surface area (Å²) >= 11 is 0. The van der Waals surface area contributed by atoms with Crippen LogP contribution < -0.4 is 4.90 Å². The summed E-state index contributed by atoms with van der Waals surface area (Å²) in [7, 11) is 0. The monoisotopic (exact) mass is 185 g/mol. The van der Waals surface area contributed by atoms with Gasteiger partial charge in [0.15, 0.2) is 0 Å². The molecule has 1 aromatic rings. The van der Waals surface area contributed by atoms with E-state index in [9.17, 15) is 0 Å². The smallest absolute Gasteiger partial charge is 0.0411 e. The predicted molar refractivity (Wildman–Crippen MR) is 61.4 cm³/mol. The van der Waals surface area contributed by atoms with Gasteiger partial charge in [-0.2, -0.15) is 0 Å². The Morgan fingerprint density at radius 1 is 1.21 bits per heavy atom. The van der Waals surface area contributed by atoms with Crippen LogP contribution in [0.25, 0.3) is 0 Å². The number of hydrogen-bond donors (Lipinski definition) is 0. The van der Waals surface area contributed by atoms with Crippen molar-refractivity contribution in [1.82, 2.24) is 0 Å². The molecule has 0 aromatic heterocycles. The fourth-order valence-corrected chi connectivity index (χ4v) is 1.58. The molecule has 0 amide bonds. The molecule has 2 rings (SSSR count). The van der Waals surface area contributed by atoms with Gasteiger partial charge in [-0.3, -0.25) is 0 Å². The van der Waals surface area contributed by atoms with Crippen molar-refractivity contribution in [1.29, 1.82) is 0 Å². The lowest BCUT2D eigenvalue weighted by atomic mass is 10.1. The van der Waals surface area contributed by atoms with Gasteiger partial charge in [0.1, 0.15) is 0 Å². The van der Waals surface area contributed by atoms with E-state index in [0.717, 1.165) is 6.54 Å². The molecule has 0 spiro atoms. The summed E-state index contributed by atoms with van der Waals surface area (Å²) in [6, 6.07) is 8.58. The summed E-state index contributed by atoms with van der Waals surface area (Å²) in [5.41, 5.74) is 3.92. The molecule has 1 heteroatoms. The van der Waals surface area contributed by atoms with Crippen LogP contribution in [-0.2, 0) is 0 Å². The second kappa shape index (κ2) is 3.70. The largest absolute Gasteiger partial charge is 0.344 e. The number of benzene rings is 1. The SMILES string of the molecule is CC1=CCN(c2cccc(C)c2)C=C1. The Morgan fingerprint density at radius 2 is 2.07 bits per heavy atom. The first-order valence-corrected chi connectivity index (χ1v) is 4.94. The zero-order chi connectivity index (χ0) is 9.97. The summed E-state index contributed by atoms with van der Waals surface area (Å²) in [6.07, 6.45) is 6.53. The maximum absolute atomic E-state index is 2.25. The molecule has 1 aromatic carbocycles. The van der Waals surface area contributed by atoms with Gasteiger partial charge in [0.2, 0.25) is 0 Å². The molecule has 14 heavy (non-hydrogen) atoms. The molecule has 0 saturated heterocycles. The molecule has 0 radical (unpaired) electrons. The first-order chi connectivity index (χ1) is 6.75. The minimum absolute atomic E-state index is 0.978. The van der Waals surface area contributed by atoms with E-state index < -0.39 is 0 Å². The van der Waals surface area contributed by atoms with Gasteiger partial charge in [0, 0.05) is 18.4 Å². The third-order valence-electron chi connectivity index (χ3n) is 2.46. The van der Waals surface area contributed by atoms with Gasteiger partial charge in [-0.15, -0.1) is 0 Å². The highest BCUT2D eigenvalue weighted by atomic mass is 15.1. The maximum atomic E-state index is 2.25. The van der Waals surface area contributed by atoms with Crippen molar-refractivity contribution in [3.63, 3.8) is 0 Å². The van der Waals surface area contributed by atoms with E-state index in [1.54, 1.807) is 0 Å². The van der Waals surface area contributed by atoms with E-state index in [1.807, 2.05) is 0 Å². The topological polar surface area (TPSA) is 3.24 Å². The molecule has 1 aliphatic heterocycles. The first kappa shape index (κ1) is 9.07. The van der Waals surface area contributed by atoms with Gasteiger partial charge in [-0.1, -0.05) is 23.8 Å². The van der Waals surface area contributed by atoms with Crippen molar-refractivity contribution in [2.24, 2.45) is 0 Å². The minimum Gasteiger partial charge on any atom is -0.344 e. The van der Waals surface area contributed by atoms with E-state index in [0.29, 0.717) is 0 Å². The standard InChI is InChI=1S/C13H15N/c1-11-6-8-14(9-7-11)13-5-3-4-12(2)10-13/h3-8,10H,9H2,1-2H3. The van der Waals surface area contributed by atoms with Gasteiger partial charge in [0.05, 0.1) is 0 Å². The van der Waals surface area contributed by atoms with E-state index in [-0.39, 0.29) is 0 Å². The van der Waals surface area contributed by atoms with Crippen LogP contribution in [0.1, 0.15) is 12.5 Å². The summed E-state index contributed by atoms with van der Waals surface area (Å²) in [6.45, 7) is 5.23. The van der Waals surface area contributed by atoms with Gasteiger partial charge in [-0.05, 0) is 37.6 Å². The van der Waals surface area contributed by atoms with Crippen molar-refractivity contribution in [2.45, 2.75) is 13.8 Å². The third kappa shape index (κ3) is 1.87. The summed E-state index contributed by atoms with van der Waals surface area (Å²) in [4.78, 5) is 2.25. The average Bonchev–Trinajstić information content (AvgIpc) is 2.19. The van der Waals surface area contributed by atoms with Crippen molar-refractivity contribution in [2.75, 3.05) is 11.4 Å². The normalized spacial score (nSPS) is 15.6. The van der Waals surface area contributed by atoms with Crippen LogP contribution >= 0.6 is 0 Å². The highest BCUT2D eigenvalue weighted by Gasteiger charge is 2.04. The van der Waals surface area contributed by atoms with E-state index >= 15 is 0 Å². The first-order valence-electron chi connectivity index (χ1n) is 4.94. The predicted octanol–water partition coefficient (Wildman–Crippen LogP) is 3.28. The van der Waals surface area contributed by atoms with Gasteiger partial charge in [-0.25, -0.2) is 0 Å². The molecular formula is C13H15N. The Hall–Kier alpha value is -1.50. The molecule has 0 atom stereocenters. The number of hydrogen-bond acceptors (Lipinski definition) is 1. The molecule has 0 fully saturated rings. The fourth-order valence-electron chi connectivity index (χ4n) is 1.58. The Labute approximate surface area is 85.4 Å². The molecule has 0 saturated carbocycles. The van der Waals surface area contributed by atoms with Crippen molar-refractivity contribution >= 4 is 5.69 Å². The number of aryl methyl sites for hydroxylation is 1. The highest BCUT2D eigenvalue weighted by molar-refractivity contribution is 5.53. The van der Waals surface area contributed by atoms with E-state index in [4.69, 9.17) is 0 Å². The minimum atomic E-state index is 0.978. The fraction of sp³-hybridized carbons (Fsp3) is 0.231. The Morgan fingerprint density at radius 3 is 2.71 bits per heavy atom. The Kier molecular flexibility index (Phi) is 2.40. The van der Waals surface area contributed by atoms with Gasteiger partial charge in [0.25, 0.3) is 0 Å². The lowest BCUT2D eigenvalue weighted by Crippen LogP contribution is -2.18. The lowest BCUT2D eigenvalue weighted by molar-refractivity contribution is 1.05. The second-order valence-electron chi connectivity index (χ2n) is 3.76. The Balaban J connectivity index is 2.22. The Bertz CT molecular complexity index is 388. The van der Waals surface area contributed by atoms with Gasteiger partial charge >= 0.3 is 0 Å². The highest BCUT2D eigenvalue weighted by Crippen LogP contribution is 2.18. The molecule has 1 aliphatic rings. The number of rotatable bonds is 1. The molecule has 1 heterocycles. The third-order valence-corrected chi connectivity index (χ3v) is 2.46. The second-order valence-corrected chi connectivity index (χ2v) is 3.76. The molecule has 0 unspecified atom stereocenters. The van der Waals surface area contributed by atoms with E-state index in [2.05, 4.69) is 61.4 Å². The van der Waals surface area contributed by atoms with Crippen LogP contribution in [-0.4, -0.2) is 6.54 Å². The van der Waals surface area contributed by atoms with Crippen molar-refractivity contribution < 1.29 is 0 Å². The van der Waals surface area contributed by atoms with Crippen molar-refractivity contribution in [3.8, 4) is 0 Å². The number of anilines is 1. The molecule has 0 bridgehead atoms. The van der Waals surface area contributed by atoms with Crippen LogP contribution in [0, 0.1) is 6.92 Å². The van der Waals surface area contributed by atoms with Gasteiger partial charge < -0.3 is 4.90 Å². The van der Waals surface area contributed by atoms with E-state index in [1.165, 1.54) is 16.8 Å². The van der Waals surface area contributed by atoms with Crippen LogP contribution in [0.2, 0.25) is 0 Å². The number of allylic oxidation sites excluding steroid dienone is 2. The molecular weight excluding hydrogens is 170 g/mol. The average molecular weight is 185 g/mol. The molecule has 72 valence electrons. The quantitative estimate of drug-likeness (QED) is 0.649. The molecule has 1 nitrogen and oxygen atoms in total. The lowest BCUT2D eigenvalue weighted by Gasteiger charge is -2.22. The van der Waals surface area contributed by atoms with Crippen LogP contribution in [0.3, 0.4) is 0 Å². The van der Waals surface area contributed by atoms with Crippen LogP contribution in [0.15, 0.2) is 48.2 Å². The molecule has 0 aliphatic carbocycles. The summed E-state index contributed by atoms with van der Waals surface area (Å²) in [5, 5.41) is 0. The zero-order valence-electron chi connectivity index (χ0n) is 8.70. The van der Waals surface area contributed by atoms with Crippen LogP contribution in [0.4, 0.5) is 5.69 Å². The zero-order valence-corrected chi connectivity index (χ0v) is 8.70. The maximum Gasteiger partial charge on any atom is 0.0411 e. The molecule has 0 N–H and O–H groups in total. The summed E-state index contributed by atoms with van der Waals surface area (Å²) < 4.78 is 0. The van der Waals surface area contributed by atoms with Crippen molar-refractivity contribution in [3.05, 3.63) is 53.8 Å². The number of nitrogens with zero attached hydrogens (tertiary/aromatic N) is 1. The van der Waals surface area contributed by atoms with Crippen LogP contribution in [0.5, 0.6) is 0 Å².